The summed E-state index contributed by atoms with van der Waals surface area (Å²) in [6.07, 6.45) is 3.48. The Morgan fingerprint density at radius 3 is 2.58 bits per heavy atom. The van der Waals surface area contributed by atoms with Gasteiger partial charge in [0, 0.05) is 29.5 Å². The number of hydrogen-bond donors (Lipinski definition) is 1. The number of carbonyl (C=O) groups is 2. The molecule has 7 heteroatoms. The van der Waals surface area contributed by atoms with Crippen LogP contribution in [0.15, 0.2) is 22.7 Å². The van der Waals surface area contributed by atoms with Crippen LogP contribution in [0.1, 0.15) is 25.7 Å². The van der Waals surface area contributed by atoms with E-state index in [4.69, 9.17) is 4.74 Å². The minimum Gasteiger partial charge on any atom is -0.481 e. The number of carbonyl (C=O) groups excluding carboxylic acids is 2. The second kappa shape index (κ2) is 7.51. The van der Waals surface area contributed by atoms with Crippen molar-refractivity contribution in [2.45, 2.75) is 31.7 Å². The molecule has 1 heterocycles. The smallest absolute Gasteiger partial charge is 0.260 e. The van der Waals surface area contributed by atoms with Gasteiger partial charge in [-0.15, -0.1) is 0 Å². The highest BCUT2D eigenvalue weighted by Gasteiger charge is 2.31. The number of hydrogen-bond acceptors (Lipinski definition) is 3. The molecule has 130 valence electrons. The van der Waals surface area contributed by atoms with Crippen LogP contribution in [0, 0.1) is 11.7 Å². The predicted octanol–water partition coefficient (Wildman–Crippen LogP) is 2.48. The average molecular weight is 399 g/mol. The Morgan fingerprint density at radius 2 is 1.96 bits per heavy atom. The first-order valence-electron chi connectivity index (χ1n) is 8.19. The molecule has 0 spiro atoms. The standard InChI is InChI=1S/C17H20BrFN2O3/c18-12-1-4-15(14(19)9-12)24-10-16(22)21-7-5-11(6-8-21)17(23)20-13-2-3-13/h1,4,9,11,13H,2-3,5-8,10H2,(H,20,23). The van der Waals surface area contributed by atoms with Crippen LogP contribution in [0.5, 0.6) is 5.75 Å². The summed E-state index contributed by atoms with van der Waals surface area (Å²) in [6.45, 7) is 0.874. The maximum atomic E-state index is 13.7. The third-order valence-corrected chi connectivity index (χ3v) is 4.88. The van der Waals surface area contributed by atoms with Gasteiger partial charge in [0.1, 0.15) is 0 Å². The van der Waals surface area contributed by atoms with E-state index in [1.807, 2.05) is 0 Å². The third kappa shape index (κ3) is 4.47. The number of nitrogens with one attached hydrogen (secondary N) is 1. The number of nitrogens with zero attached hydrogens (tertiary/aromatic N) is 1. The van der Waals surface area contributed by atoms with Crippen LogP contribution in [0.2, 0.25) is 0 Å². The molecule has 1 saturated carbocycles. The molecule has 1 saturated heterocycles. The highest BCUT2D eigenvalue weighted by molar-refractivity contribution is 9.10. The van der Waals surface area contributed by atoms with Crippen LogP contribution >= 0.6 is 15.9 Å². The third-order valence-electron chi connectivity index (χ3n) is 4.39. The van der Waals surface area contributed by atoms with E-state index in [0.29, 0.717) is 36.4 Å². The normalized spacial score (nSPS) is 18.3. The number of halogens is 2. The lowest BCUT2D eigenvalue weighted by Gasteiger charge is -2.31. The van der Waals surface area contributed by atoms with Crippen molar-refractivity contribution < 1.29 is 18.7 Å². The fourth-order valence-corrected chi connectivity index (χ4v) is 3.09. The summed E-state index contributed by atoms with van der Waals surface area (Å²) in [5.41, 5.74) is 0. The molecule has 0 radical (unpaired) electrons. The minimum atomic E-state index is -0.507. The zero-order valence-corrected chi connectivity index (χ0v) is 14.9. The lowest BCUT2D eigenvalue weighted by atomic mass is 9.96. The number of rotatable bonds is 5. The van der Waals surface area contributed by atoms with Gasteiger partial charge in [0.05, 0.1) is 0 Å². The molecule has 1 aromatic rings. The van der Waals surface area contributed by atoms with E-state index in [1.54, 1.807) is 11.0 Å². The van der Waals surface area contributed by atoms with Crippen molar-refractivity contribution in [2.75, 3.05) is 19.7 Å². The summed E-state index contributed by atoms with van der Waals surface area (Å²) in [5.74, 6) is -0.534. The zero-order valence-electron chi connectivity index (χ0n) is 13.3. The number of piperidine rings is 1. The first-order chi connectivity index (χ1) is 11.5. The molecule has 0 bridgehead atoms. The molecule has 0 atom stereocenters. The van der Waals surface area contributed by atoms with E-state index in [2.05, 4.69) is 21.2 Å². The first-order valence-corrected chi connectivity index (χ1v) is 8.98. The van der Waals surface area contributed by atoms with Gasteiger partial charge < -0.3 is 15.0 Å². The van der Waals surface area contributed by atoms with Crippen LogP contribution in [-0.2, 0) is 9.59 Å². The number of ether oxygens (including phenoxy) is 1. The second-order valence-electron chi connectivity index (χ2n) is 6.30. The maximum absolute atomic E-state index is 13.7. The Labute approximate surface area is 148 Å². The quantitative estimate of drug-likeness (QED) is 0.828. The Balaban J connectivity index is 1.43. The largest absolute Gasteiger partial charge is 0.481 e. The minimum absolute atomic E-state index is 0.0144. The highest BCUT2D eigenvalue weighted by atomic mass is 79.9. The molecular weight excluding hydrogens is 379 g/mol. The van der Waals surface area contributed by atoms with Crippen molar-refractivity contribution in [1.29, 1.82) is 0 Å². The summed E-state index contributed by atoms with van der Waals surface area (Å²) in [4.78, 5) is 25.9. The second-order valence-corrected chi connectivity index (χ2v) is 7.22. The number of amides is 2. The van der Waals surface area contributed by atoms with Crippen molar-refractivity contribution in [1.82, 2.24) is 10.2 Å². The molecule has 2 amide bonds. The summed E-state index contributed by atoms with van der Waals surface area (Å²) in [6, 6.07) is 4.81. The molecule has 5 nitrogen and oxygen atoms in total. The van der Waals surface area contributed by atoms with Gasteiger partial charge in [-0.2, -0.15) is 0 Å². The average Bonchev–Trinajstić information content (AvgIpc) is 3.38. The van der Waals surface area contributed by atoms with Gasteiger partial charge in [0.25, 0.3) is 5.91 Å². The molecule has 24 heavy (non-hydrogen) atoms. The predicted molar refractivity (Wildman–Crippen MR) is 90.1 cm³/mol. The van der Waals surface area contributed by atoms with E-state index >= 15 is 0 Å². The SMILES string of the molecule is O=C(NC1CC1)C1CCN(C(=O)COc2ccc(Br)cc2F)CC1. The topological polar surface area (TPSA) is 58.6 Å². The van der Waals surface area contributed by atoms with Crippen LogP contribution in [-0.4, -0.2) is 42.5 Å². The maximum Gasteiger partial charge on any atom is 0.260 e. The van der Waals surface area contributed by atoms with Crippen LogP contribution in [0.3, 0.4) is 0 Å². The molecule has 3 rings (SSSR count). The van der Waals surface area contributed by atoms with Crippen molar-refractivity contribution in [2.24, 2.45) is 5.92 Å². The van der Waals surface area contributed by atoms with Crippen molar-refractivity contribution in [3.63, 3.8) is 0 Å². The van der Waals surface area contributed by atoms with E-state index in [0.717, 1.165) is 12.8 Å². The Bertz CT molecular complexity index is 628. The summed E-state index contributed by atoms with van der Waals surface area (Å²) in [5, 5.41) is 3.01. The van der Waals surface area contributed by atoms with E-state index in [9.17, 15) is 14.0 Å². The van der Waals surface area contributed by atoms with Crippen molar-refractivity contribution >= 4 is 27.7 Å². The molecule has 0 unspecified atom stereocenters. The Hall–Kier alpha value is -1.63. The van der Waals surface area contributed by atoms with E-state index in [-0.39, 0.29) is 30.1 Å². The summed E-state index contributed by atoms with van der Waals surface area (Å²) in [7, 11) is 0. The van der Waals surface area contributed by atoms with Crippen molar-refractivity contribution in [3.05, 3.63) is 28.5 Å². The van der Waals surface area contributed by atoms with Crippen LogP contribution in [0.4, 0.5) is 4.39 Å². The lowest BCUT2D eigenvalue weighted by molar-refractivity contribution is -0.137. The fourth-order valence-electron chi connectivity index (χ4n) is 2.76. The molecule has 1 N–H and O–H groups in total. The number of likely N-dealkylation sites (tertiary alicyclic amines) is 1. The monoisotopic (exact) mass is 398 g/mol. The molecule has 2 aliphatic rings. The van der Waals surface area contributed by atoms with Gasteiger partial charge in [-0.3, -0.25) is 9.59 Å². The Kier molecular flexibility index (Phi) is 5.38. The fraction of sp³-hybridized carbons (Fsp3) is 0.529. The van der Waals surface area contributed by atoms with Crippen LogP contribution in [0.25, 0.3) is 0 Å². The summed E-state index contributed by atoms with van der Waals surface area (Å²) >= 11 is 3.17. The van der Waals surface area contributed by atoms with Crippen molar-refractivity contribution in [3.8, 4) is 5.75 Å². The molecule has 1 aliphatic carbocycles. The number of benzene rings is 1. The molecule has 0 aromatic heterocycles. The first kappa shape index (κ1) is 17.2. The van der Waals surface area contributed by atoms with Gasteiger partial charge in [-0.05, 0) is 43.9 Å². The van der Waals surface area contributed by atoms with Gasteiger partial charge in [-0.25, -0.2) is 4.39 Å². The lowest BCUT2D eigenvalue weighted by Crippen LogP contribution is -2.44. The van der Waals surface area contributed by atoms with Gasteiger partial charge in [0.15, 0.2) is 18.2 Å². The molecule has 1 aliphatic heterocycles. The zero-order chi connectivity index (χ0) is 17.1. The van der Waals surface area contributed by atoms with E-state index < -0.39 is 5.82 Å². The van der Waals surface area contributed by atoms with E-state index in [1.165, 1.54) is 12.1 Å². The highest BCUT2D eigenvalue weighted by Crippen LogP contribution is 2.24. The van der Waals surface area contributed by atoms with Gasteiger partial charge in [0.2, 0.25) is 5.91 Å². The Morgan fingerprint density at radius 1 is 1.25 bits per heavy atom. The van der Waals surface area contributed by atoms with Gasteiger partial charge in [-0.1, -0.05) is 15.9 Å². The summed E-state index contributed by atoms with van der Waals surface area (Å²) < 4.78 is 19.6. The molecular formula is C17H20BrFN2O3. The molecule has 2 fully saturated rings. The van der Waals surface area contributed by atoms with Crippen LogP contribution < -0.4 is 10.1 Å². The molecule has 1 aromatic carbocycles. The van der Waals surface area contributed by atoms with Gasteiger partial charge >= 0.3 is 0 Å².